The molecule has 0 saturated carbocycles. The van der Waals surface area contributed by atoms with E-state index in [4.69, 9.17) is 21.4 Å². The molecular formula is C25H25ClFN3O3. The molecule has 0 spiro atoms. The molecule has 0 aliphatic carbocycles. The summed E-state index contributed by atoms with van der Waals surface area (Å²) < 4.78 is 20.5. The van der Waals surface area contributed by atoms with E-state index >= 15 is 0 Å². The third-order valence-corrected chi connectivity index (χ3v) is 5.86. The zero-order valence-electron chi connectivity index (χ0n) is 18.3. The van der Waals surface area contributed by atoms with E-state index in [1.54, 1.807) is 30.5 Å². The zero-order chi connectivity index (χ0) is 23.4. The predicted octanol–water partition coefficient (Wildman–Crippen LogP) is 4.98. The Morgan fingerprint density at radius 3 is 2.79 bits per heavy atom. The van der Waals surface area contributed by atoms with Gasteiger partial charge < -0.3 is 9.84 Å². The van der Waals surface area contributed by atoms with Crippen LogP contribution in [0.3, 0.4) is 0 Å². The first kappa shape index (κ1) is 23.1. The maximum Gasteiger partial charge on any atom is 0.303 e. The molecule has 172 valence electrons. The van der Waals surface area contributed by atoms with Crippen molar-refractivity contribution in [1.29, 1.82) is 0 Å². The van der Waals surface area contributed by atoms with Crippen LogP contribution < -0.4 is 4.74 Å². The highest BCUT2D eigenvalue weighted by atomic mass is 35.5. The van der Waals surface area contributed by atoms with Crippen LogP contribution >= 0.6 is 11.6 Å². The molecule has 1 aliphatic heterocycles. The average Bonchev–Trinajstić information content (AvgIpc) is 2.78. The first-order valence-electron chi connectivity index (χ1n) is 10.8. The molecule has 1 aliphatic rings. The highest BCUT2D eigenvalue weighted by Gasteiger charge is 2.21. The van der Waals surface area contributed by atoms with Gasteiger partial charge in [0.25, 0.3) is 0 Å². The van der Waals surface area contributed by atoms with Gasteiger partial charge in [-0.05, 0) is 35.7 Å². The lowest BCUT2D eigenvalue weighted by molar-refractivity contribution is -0.138. The van der Waals surface area contributed by atoms with Gasteiger partial charge in [0.1, 0.15) is 18.2 Å². The van der Waals surface area contributed by atoms with Gasteiger partial charge in [0.05, 0.1) is 11.3 Å². The van der Waals surface area contributed by atoms with Gasteiger partial charge in [0.2, 0.25) is 0 Å². The molecule has 33 heavy (non-hydrogen) atoms. The monoisotopic (exact) mass is 469 g/mol. The van der Waals surface area contributed by atoms with E-state index in [2.05, 4.69) is 14.9 Å². The molecule has 8 heteroatoms. The Morgan fingerprint density at radius 2 is 2.06 bits per heavy atom. The van der Waals surface area contributed by atoms with Crippen LogP contribution in [0.4, 0.5) is 4.39 Å². The number of carbonyl (C=O) groups is 1. The number of aliphatic carboxylic acids is 1. The van der Waals surface area contributed by atoms with E-state index in [1.807, 2.05) is 19.1 Å². The summed E-state index contributed by atoms with van der Waals surface area (Å²) in [6.45, 7) is 4.41. The minimum absolute atomic E-state index is 0.0683. The molecule has 0 bridgehead atoms. The lowest BCUT2D eigenvalue weighted by Gasteiger charge is -2.29. The van der Waals surface area contributed by atoms with Crippen LogP contribution in [0.25, 0.3) is 11.4 Å². The summed E-state index contributed by atoms with van der Waals surface area (Å²) in [6.07, 6.45) is 2.61. The molecule has 1 N–H and O–H groups in total. The maximum atomic E-state index is 14.8. The van der Waals surface area contributed by atoms with Crippen LogP contribution in [0, 0.1) is 11.7 Å². The first-order valence-corrected chi connectivity index (χ1v) is 11.2. The van der Waals surface area contributed by atoms with E-state index < -0.39 is 11.8 Å². The Balaban J connectivity index is 1.41. The summed E-state index contributed by atoms with van der Waals surface area (Å²) in [7, 11) is 0. The summed E-state index contributed by atoms with van der Waals surface area (Å²) in [4.78, 5) is 22.1. The quantitative estimate of drug-likeness (QED) is 0.501. The fourth-order valence-corrected chi connectivity index (χ4v) is 4.10. The first-order chi connectivity index (χ1) is 15.9. The average molecular weight is 470 g/mol. The molecule has 2 aromatic carbocycles. The number of halogens is 2. The topological polar surface area (TPSA) is 75.5 Å². The van der Waals surface area contributed by atoms with Crippen LogP contribution in [0.2, 0.25) is 5.02 Å². The third-order valence-electron chi connectivity index (χ3n) is 5.61. The second kappa shape index (κ2) is 10.3. The Morgan fingerprint density at radius 1 is 1.27 bits per heavy atom. The van der Waals surface area contributed by atoms with Gasteiger partial charge in [-0.15, -0.1) is 0 Å². The lowest BCUT2D eigenvalue weighted by Crippen LogP contribution is -2.35. The largest absolute Gasteiger partial charge is 0.489 e. The van der Waals surface area contributed by atoms with Crippen molar-refractivity contribution in [3.63, 3.8) is 0 Å². The van der Waals surface area contributed by atoms with Crippen LogP contribution in [0.15, 0.2) is 48.7 Å². The summed E-state index contributed by atoms with van der Waals surface area (Å²) in [5, 5.41) is 9.61. The van der Waals surface area contributed by atoms with Gasteiger partial charge in [0.15, 0.2) is 5.82 Å². The number of rotatable bonds is 8. The molecule has 0 fully saturated rings. The molecule has 1 unspecified atom stereocenters. The number of ether oxygens (including phenoxy) is 1. The number of fused-ring (bicyclic) bond motifs is 1. The number of benzene rings is 2. The maximum absolute atomic E-state index is 14.8. The van der Waals surface area contributed by atoms with Crippen molar-refractivity contribution >= 4 is 17.6 Å². The number of hydrogen-bond acceptors (Lipinski definition) is 5. The zero-order valence-corrected chi connectivity index (χ0v) is 19.1. The molecule has 6 nitrogen and oxygen atoms in total. The molecule has 0 saturated heterocycles. The fourth-order valence-electron chi connectivity index (χ4n) is 3.98. The number of aromatic nitrogens is 2. The van der Waals surface area contributed by atoms with Crippen LogP contribution in [-0.4, -0.2) is 39.0 Å². The van der Waals surface area contributed by atoms with E-state index in [-0.39, 0.29) is 12.3 Å². The number of carboxylic acids is 1. The van der Waals surface area contributed by atoms with Crippen LogP contribution in [0.5, 0.6) is 5.75 Å². The van der Waals surface area contributed by atoms with Gasteiger partial charge in [-0.2, -0.15) is 0 Å². The van der Waals surface area contributed by atoms with Crippen molar-refractivity contribution in [2.45, 2.75) is 32.9 Å². The molecular weight excluding hydrogens is 445 g/mol. The third kappa shape index (κ3) is 6.06. The Bertz CT molecular complexity index is 1140. The van der Waals surface area contributed by atoms with E-state index in [0.29, 0.717) is 48.3 Å². The molecule has 4 rings (SSSR count). The van der Waals surface area contributed by atoms with Gasteiger partial charge in [-0.1, -0.05) is 30.7 Å². The van der Waals surface area contributed by atoms with Gasteiger partial charge in [-0.25, -0.2) is 14.4 Å². The SMILES string of the molecule is CC(CC(=O)O)CN1CCc2nc(-c3ccc(OCc4ccc(Cl)cc4)cc3F)ncc2C1. The van der Waals surface area contributed by atoms with Gasteiger partial charge in [0, 0.05) is 55.3 Å². The Hall–Kier alpha value is -3.03. The van der Waals surface area contributed by atoms with Gasteiger partial charge in [-0.3, -0.25) is 9.69 Å². The predicted molar refractivity (Wildman–Crippen MR) is 124 cm³/mol. The van der Waals surface area contributed by atoms with Crippen molar-refractivity contribution in [3.05, 3.63) is 76.3 Å². The smallest absolute Gasteiger partial charge is 0.303 e. The summed E-state index contributed by atoms with van der Waals surface area (Å²) in [5.41, 5.74) is 3.17. The summed E-state index contributed by atoms with van der Waals surface area (Å²) >= 11 is 5.89. The molecule has 0 radical (unpaired) electrons. The van der Waals surface area contributed by atoms with Crippen molar-refractivity contribution in [1.82, 2.24) is 14.9 Å². The van der Waals surface area contributed by atoms with Crippen LogP contribution in [0.1, 0.15) is 30.2 Å². The Kier molecular flexibility index (Phi) is 7.20. The van der Waals surface area contributed by atoms with Crippen molar-refractivity contribution in [2.75, 3.05) is 13.1 Å². The fraction of sp³-hybridized carbons (Fsp3) is 0.320. The minimum atomic E-state index is -0.781. The number of carboxylic acid groups (broad SMARTS) is 1. The summed E-state index contributed by atoms with van der Waals surface area (Å²) in [5.74, 6) is -0.378. The second-order valence-electron chi connectivity index (χ2n) is 8.41. The number of hydrogen-bond donors (Lipinski definition) is 1. The van der Waals surface area contributed by atoms with E-state index in [0.717, 1.165) is 23.4 Å². The van der Waals surface area contributed by atoms with Crippen LogP contribution in [-0.2, 0) is 24.4 Å². The van der Waals surface area contributed by atoms with E-state index in [9.17, 15) is 9.18 Å². The highest BCUT2D eigenvalue weighted by Crippen LogP contribution is 2.27. The molecule has 2 heterocycles. The van der Waals surface area contributed by atoms with Crippen molar-refractivity contribution < 1.29 is 19.0 Å². The van der Waals surface area contributed by atoms with Gasteiger partial charge >= 0.3 is 5.97 Å². The second-order valence-corrected chi connectivity index (χ2v) is 8.85. The molecule has 1 aromatic heterocycles. The molecule has 1 atom stereocenters. The Labute approximate surface area is 197 Å². The standard InChI is InChI=1S/C25H25ClFN3O3/c1-16(10-24(31)32)13-30-9-8-23-18(14-30)12-28-25(29-23)21-7-6-20(11-22(21)27)33-15-17-2-4-19(26)5-3-17/h2-7,11-12,16H,8-10,13-15H2,1H3,(H,31,32). The van der Waals surface area contributed by atoms with E-state index in [1.165, 1.54) is 6.07 Å². The normalized spacial score (nSPS) is 14.5. The molecule has 3 aromatic rings. The lowest BCUT2D eigenvalue weighted by atomic mass is 10.0. The summed E-state index contributed by atoms with van der Waals surface area (Å²) in [6, 6.07) is 12.0. The van der Waals surface area contributed by atoms with Crippen molar-refractivity contribution in [3.8, 4) is 17.1 Å². The molecule has 0 amide bonds. The highest BCUT2D eigenvalue weighted by molar-refractivity contribution is 6.30. The van der Waals surface area contributed by atoms with Crippen molar-refractivity contribution in [2.24, 2.45) is 5.92 Å². The number of nitrogens with zero attached hydrogens (tertiary/aromatic N) is 3. The minimum Gasteiger partial charge on any atom is -0.489 e.